The normalized spacial score (nSPS) is 18.0. The van der Waals surface area contributed by atoms with Crippen LogP contribution in [0.1, 0.15) is 105 Å². The van der Waals surface area contributed by atoms with Gasteiger partial charge in [0.1, 0.15) is 0 Å². The minimum Gasteiger partial charge on any atom is -0.481 e. The molecule has 0 radical (unpaired) electrons. The summed E-state index contributed by atoms with van der Waals surface area (Å²) in [7, 11) is 0. The number of benzene rings is 1. The third kappa shape index (κ3) is 5.70. The van der Waals surface area contributed by atoms with Crippen molar-refractivity contribution in [3.63, 3.8) is 0 Å². The van der Waals surface area contributed by atoms with E-state index in [9.17, 15) is 19.8 Å². The molecule has 0 amide bonds. The molecule has 3 rings (SSSR count). The monoisotopic (exact) mass is 428 g/mol. The van der Waals surface area contributed by atoms with E-state index in [0.717, 1.165) is 89.9 Å². The molecule has 0 aliphatic heterocycles. The maximum Gasteiger partial charge on any atom is 0.309 e. The van der Waals surface area contributed by atoms with Crippen molar-refractivity contribution < 1.29 is 19.8 Å². The summed E-state index contributed by atoms with van der Waals surface area (Å²) in [5.41, 5.74) is 6.36. The van der Waals surface area contributed by atoms with E-state index in [0.29, 0.717) is 0 Å². The number of carboxylic acids is 2. The number of hydrogen-bond acceptors (Lipinski definition) is 2. The smallest absolute Gasteiger partial charge is 0.309 e. The van der Waals surface area contributed by atoms with Gasteiger partial charge in [-0.25, -0.2) is 0 Å². The van der Waals surface area contributed by atoms with Crippen molar-refractivity contribution in [1.29, 1.82) is 0 Å². The van der Waals surface area contributed by atoms with E-state index in [2.05, 4.69) is 26.8 Å². The maximum atomic E-state index is 11.3. The van der Waals surface area contributed by atoms with Gasteiger partial charge < -0.3 is 10.2 Å². The van der Waals surface area contributed by atoms with E-state index < -0.39 is 11.9 Å². The van der Waals surface area contributed by atoms with Crippen molar-refractivity contribution >= 4 is 11.9 Å². The molecule has 0 bridgehead atoms. The molecule has 4 heteroatoms. The van der Waals surface area contributed by atoms with Crippen LogP contribution >= 0.6 is 0 Å². The average Bonchev–Trinajstić information content (AvgIpc) is 3.62. The summed E-state index contributed by atoms with van der Waals surface area (Å²) in [6.45, 7) is 6.65. The third-order valence-corrected chi connectivity index (χ3v) is 8.10. The molecule has 172 valence electrons. The summed E-state index contributed by atoms with van der Waals surface area (Å²) in [6, 6.07) is 2.31. The lowest BCUT2D eigenvalue weighted by molar-refractivity contribution is -0.144. The Balaban J connectivity index is 1.48. The lowest BCUT2D eigenvalue weighted by atomic mass is 9.87. The molecule has 0 heterocycles. The minimum absolute atomic E-state index is 0.388. The molecule has 2 saturated carbocycles. The van der Waals surface area contributed by atoms with Crippen LogP contribution in [0.25, 0.3) is 0 Å². The van der Waals surface area contributed by atoms with Crippen LogP contribution < -0.4 is 0 Å². The van der Waals surface area contributed by atoms with E-state index in [1.807, 2.05) is 0 Å². The Labute approximate surface area is 187 Å². The fourth-order valence-electron chi connectivity index (χ4n) is 5.24. The van der Waals surface area contributed by atoms with Gasteiger partial charge in [-0.15, -0.1) is 0 Å². The number of carboxylic acid groups (broad SMARTS) is 2. The highest BCUT2D eigenvalue weighted by molar-refractivity contribution is 5.78. The van der Waals surface area contributed by atoms with Crippen LogP contribution in [0.3, 0.4) is 0 Å². The average molecular weight is 429 g/mol. The largest absolute Gasteiger partial charge is 0.481 e. The van der Waals surface area contributed by atoms with Crippen molar-refractivity contribution in [3.8, 4) is 0 Å². The highest BCUT2D eigenvalue weighted by Gasteiger charge is 2.49. The minimum atomic E-state index is -0.601. The Morgan fingerprint density at radius 2 is 1.16 bits per heavy atom. The van der Waals surface area contributed by atoms with Crippen molar-refractivity contribution in [3.05, 3.63) is 33.9 Å². The molecular formula is C27H40O4. The Morgan fingerprint density at radius 1 is 0.710 bits per heavy atom. The predicted molar refractivity (Wildman–Crippen MR) is 124 cm³/mol. The second-order valence-electron chi connectivity index (χ2n) is 10.4. The molecule has 4 nitrogen and oxygen atoms in total. The zero-order valence-corrected chi connectivity index (χ0v) is 19.7. The fraction of sp³-hybridized carbons (Fsp3) is 0.704. The maximum absolute atomic E-state index is 11.3. The van der Waals surface area contributed by atoms with Crippen molar-refractivity contribution in [1.82, 2.24) is 0 Å². The molecule has 0 aromatic heterocycles. The molecule has 0 atom stereocenters. The van der Waals surface area contributed by atoms with Gasteiger partial charge in [-0.1, -0.05) is 31.7 Å². The third-order valence-electron chi connectivity index (χ3n) is 8.10. The molecule has 1 aromatic carbocycles. The Kier molecular flexibility index (Phi) is 7.49. The summed E-state index contributed by atoms with van der Waals surface area (Å²) in [4.78, 5) is 22.7. The van der Waals surface area contributed by atoms with E-state index in [1.54, 1.807) is 0 Å². The van der Waals surface area contributed by atoms with Gasteiger partial charge in [-0.3, -0.25) is 9.59 Å². The first-order valence-corrected chi connectivity index (χ1v) is 12.3. The van der Waals surface area contributed by atoms with Gasteiger partial charge in [0.05, 0.1) is 10.8 Å². The fourth-order valence-corrected chi connectivity index (χ4v) is 5.24. The molecule has 0 saturated heterocycles. The van der Waals surface area contributed by atoms with Crippen LogP contribution in [0.4, 0.5) is 0 Å². The number of hydrogen-bond donors (Lipinski definition) is 2. The Hall–Kier alpha value is -1.84. The van der Waals surface area contributed by atoms with Crippen LogP contribution in [-0.2, 0) is 22.4 Å². The predicted octanol–water partition coefficient (Wildman–Crippen LogP) is 6.55. The first-order valence-electron chi connectivity index (χ1n) is 12.3. The van der Waals surface area contributed by atoms with Crippen molar-refractivity contribution in [2.45, 2.75) is 111 Å². The number of aliphatic carboxylic acids is 2. The number of unbranched alkanes of at least 4 members (excludes halogenated alkanes) is 4. The number of aryl methyl sites for hydroxylation is 2. The lowest BCUT2D eigenvalue weighted by Gasteiger charge is -2.19. The van der Waals surface area contributed by atoms with Crippen LogP contribution in [0, 0.1) is 31.6 Å². The molecule has 2 fully saturated rings. The van der Waals surface area contributed by atoms with Crippen LogP contribution in [0.2, 0.25) is 0 Å². The van der Waals surface area contributed by atoms with Crippen LogP contribution in [0.5, 0.6) is 0 Å². The van der Waals surface area contributed by atoms with Gasteiger partial charge in [0.25, 0.3) is 0 Å². The Bertz CT molecular complexity index is 815. The summed E-state index contributed by atoms with van der Waals surface area (Å²) in [5, 5.41) is 18.7. The van der Waals surface area contributed by atoms with E-state index in [4.69, 9.17) is 0 Å². The van der Waals surface area contributed by atoms with Gasteiger partial charge in [0, 0.05) is 0 Å². The number of rotatable bonds is 14. The van der Waals surface area contributed by atoms with Gasteiger partial charge >= 0.3 is 11.9 Å². The zero-order valence-electron chi connectivity index (χ0n) is 19.7. The molecule has 2 N–H and O–H groups in total. The highest BCUT2D eigenvalue weighted by atomic mass is 16.4. The molecule has 2 aliphatic carbocycles. The molecule has 0 unspecified atom stereocenters. The topological polar surface area (TPSA) is 74.6 Å². The quantitative estimate of drug-likeness (QED) is 0.330. The van der Waals surface area contributed by atoms with Crippen molar-refractivity contribution in [2.75, 3.05) is 0 Å². The summed E-state index contributed by atoms with van der Waals surface area (Å²) in [6.07, 6.45) is 13.7. The highest BCUT2D eigenvalue weighted by Crippen LogP contribution is 2.50. The van der Waals surface area contributed by atoms with Gasteiger partial charge in [0.2, 0.25) is 0 Å². The molecule has 1 aromatic rings. The van der Waals surface area contributed by atoms with Gasteiger partial charge in [-0.05, 0) is 113 Å². The van der Waals surface area contributed by atoms with E-state index in [1.165, 1.54) is 27.8 Å². The second kappa shape index (κ2) is 9.75. The molecular weight excluding hydrogens is 388 g/mol. The summed E-state index contributed by atoms with van der Waals surface area (Å²) < 4.78 is 0. The first-order chi connectivity index (χ1) is 14.7. The Morgan fingerprint density at radius 3 is 1.58 bits per heavy atom. The van der Waals surface area contributed by atoms with Gasteiger partial charge in [0.15, 0.2) is 0 Å². The zero-order chi connectivity index (χ0) is 22.6. The van der Waals surface area contributed by atoms with Crippen LogP contribution in [0.15, 0.2) is 6.07 Å². The molecule has 2 aliphatic rings. The number of carbonyl (C=O) groups is 2. The van der Waals surface area contributed by atoms with E-state index >= 15 is 0 Å². The second-order valence-corrected chi connectivity index (χ2v) is 10.4. The lowest BCUT2D eigenvalue weighted by Crippen LogP contribution is -2.14. The van der Waals surface area contributed by atoms with Crippen molar-refractivity contribution in [2.24, 2.45) is 10.8 Å². The standard InChI is InChI=1S/C27H40O4/c1-19-18-20(2)22(10-6-4-8-12-26(14-15-26)24(28)29)23(21(19)3)11-7-5-9-13-27(16-17-27)25(30)31/h18H,4-17H2,1-3H3,(H,28,29)(H,30,31). The summed E-state index contributed by atoms with van der Waals surface area (Å²) >= 11 is 0. The van der Waals surface area contributed by atoms with E-state index in [-0.39, 0.29) is 10.8 Å². The van der Waals surface area contributed by atoms with Gasteiger partial charge in [-0.2, -0.15) is 0 Å². The first kappa shape index (κ1) is 23.8. The SMILES string of the molecule is Cc1cc(C)c(CCCCCC2(C(=O)O)CC2)c(CCCCCC2(C(=O)O)CC2)c1C. The summed E-state index contributed by atoms with van der Waals surface area (Å²) in [5.74, 6) is -1.20. The van der Waals surface area contributed by atoms with Crippen LogP contribution in [-0.4, -0.2) is 22.2 Å². The molecule has 0 spiro atoms. The molecule has 31 heavy (non-hydrogen) atoms.